The summed E-state index contributed by atoms with van der Waals surface area (Å²) in [6.45, 7) is 5.02. The Morgan fingerprint density at radius 2 is 1.89 bits per heavy atom. The van der Waals surface area contributed by atoms with Crippen molar-refractivity contribution in [3.8, 4) is 0 Å². The number of aromatic amines is 1. The molecular formula is C21H23FN4O. The number of anilines is 1. The molecule has 1 aromatic heterocycles. The first kappa shape index (κ1) is 17.5. The third-order valence-corrected chi connectivity index (χ3v) is 5.26. The highest BCUT2D eigenvalue weighted by molar-refractivity contribution is 5.82. The molecular weight excluding hydrogens is 343 g/mol. The maximum atomic E-state index is 13.1. The van der Waals surface area contributed by atoms with Gasteiger partial charge in [-0.05, 0) is 54.8 Å². The van der Waals surface area contributed by atoms with Crippen LogP contribution in [0.4, 0.5) is 10.1 Å². The number of rotatable bonds is 4. The third-order valence-electron chi connectivity index (χ3n) is 5.26. The number of benzene rings is 2. The SMILES string of the molecule is Cc1cc(CCC(=O)N2CCN(c3ccc(F)cc3)CC2)cc2cn[nH]c12. The number of nitrogens with zero attached hydrogens (tertiary/aromatic N) is 3. The smallest absolute Gasteiger partial charge is 0.223 e. The highest BCUT2D eigenvalue weighted by atomic mass is 19.1. The Kier molecular flexibility index (Phi) is 4.79. The van der Waals surface area contributed by atoms with Gasteiger partial charge >= 0.3 is 0 Å². The van der Waals surface area contributed by atoms with Crippen molar-refractivity contribution in [2.75, 3.05) is 31.1 Å². The van der Waals surface area contributed by atoms with E-state index < -0.39 is 0 Å². The van der Waals surface area contributed by atoms with E-state index in [-0.39, 0.29) is 11.7 Å². The normalized spacial score (nSPS) is 14.7. The van der Waals surface area contributed by atoms with Crippen molar-refractivity contribution in [3.05, 3.63) is 59.5 Å². The molecule has 0 spiro atoms. The van der Waals surface area contributed by atoms with E-state index >= 15 is 0 Å². The molecule has 4 rings (SSSR count). The van der Waals surface area contributed by atoms with Gasteiger partial charge in [-0.25, -0.2) is 4.39 Å². The highest BCUT2D eigenvalue weighted by Gasteiger charge is 2.21. The van der Waals surface area contributed by atoms with Gasteiger partial charge in [0.25, 0.3) is 0 Å². The molecule has 1 aliphatic heterocycles. The number of halogens is 1. The Balaban J connectivity index is 1.32. The minimum atomic E-state index is -0.226. The fraction of sp³-hybridized carbons (Fsp3) is 0.333. The number of carbonyl (C=O) groups excluding carboxylic acids is 1. The van der Waals surface area contributed by atoms with E-state index in [2.05, 4.69) is 34.2 Å². The Labute approximate surface area is 157 Å². The number of H-pyrrole nitrogens is 1. The highest BCUT2D eigenvalue weighted by Crippen LogP contribution is 2.20. The summed E-state index contributed by atoms with van der Waals surface area (Å²) in [6, 6.07) is 10.8. The molecule has 3 aromatic rings. The van der Waals surface area contributed by atoms with Crippen LogP contribution in [0.15, 0.2) is 42.6 Å². The number of fused-ring (bicyclic) bond motifs is 1. The van der Waals surface area contributed by atoms with E-state index in [1.54, 1.807) is 12.1 Å². The molecule has 5 nitrogen and oxygen atoms in total. The summed E-state index contributed by atoms with van der Waals surface area (Å²) in [5.74, 6) is -0.0323. The molecule has 27 heavy (non-hydrogen) atoms. The number of aryl methyl sites for hydroxylation is 2. The predicted octanol–water partition coefficient (Wildman–Crippen LogP) is 3.29. The second kappa shape index (κ2) is 7.39. The van der Waals surface area contributed by atoms with Crippen LogP contribution in [-0.2, 0) is 11.2 Å². The van der Waals surface area contributed by atoms with Gasteiger partial charge in [0.2, 0.25) is 5.91 Å². The molecule has 140 valence electrons. The largest absolute Gasteiger partial charge is 0.368 e. The lowest BCUT2D eigenvalue weighted by atomic mass is 10.0. The van der Waals surface area contributed by atoms with Crippen molar-refractivity contribution < 1.29 is 9.18 Å². The van der Waals surface area contributed by atoms with Crippen LogP contribution in [-0.4, -0.2) is 47.2 Å². The monoisotopic (exact) mass is 366 g/mol. The molecule has 0 saturated carbocycles. The Morgan fingerprint density at radius 1 is 1.15 bits per heavy atom. The van der Waals surface area contributed by atoms with Gasteiger partial charge in [0, 0.05) is 43.7 Å². The van der Waals surface area contributed by atoms with E-state index in [9.17, 15) is 9.18 Å². The van der Waals surface area contributed by atoms with Gasteiger partial charge in [0.15, 0.2) is 0 Å². The summed E-state index contributed by atoms with van der Waals surface area (Å²) in [5, 5.41) is 8.17. The van der Waals surface area contributed by atoms with Crippen molar-refractivity contribution in [3.63, 3.8) is 0 Å². The molecule has 1 fully saturated rings. The second-order valence-corrected chi connectivity index (χ2v) is 7.09. The minimum Gasteiger partial charge on any atom is -0.368 e. The molecule has 0 aliphatic carbocycles. The summed E-state index contributed by atoms with van der Waals surface area (Å²) in [5.41, 5.74) is 4.38. The van der Waals surface area contributed by atoms with Crippen molar-refractivity contribution in [2.45, 2.75) is 19.8 Å². The Bertz CT molecular complexity index is 942. The molecule has 6 heteroatoms. The molecule has 0 bridgehead atoms. The van der Waals surface area contributed by atoms with Gasteiger partial charge in [0.05, 0.1) is 11.7 Å². The first-order chi connectivity index (χ1) is 13.1. The van der Waals surface area contributed by atoms with Gasteiger partial charge < -0.3 is 9.80 Å². The molecule has 2 aromatic carbocycles. The number of nitrogens with one attached hydrogen (secondary N) is 1. The fourth-order valence-electron chi connectivity index (χ4n) is 3.73. The predicted molar refractivity (Wildman–Crippen MR) is 104 cm³/mol. The fourth-order valence-corrected chi connectivity index (χ4v) is 3.73. The number of piperazine rings is 1. The van der Waals surface area contributed by atoms with Gasteiger partial charge in [-0.2, -0.15) is 5.10 Å². The molecule has 0 unspecified atom stereocenters. The van der Waals surface area contributed by atoms with Crippen LogP contribution in [0, 0.1) is 12.7 Å². The molecule has 1 N–H and O–H groups in total. The van der Waals surface area contributed by atoms with E-state index in [4.69, 9.17) is 0 Å². The molecule has 0 atom stereocenters. The van der Waals surface area contributed by atoms with Crippen LogP contribution in [0.5, 0.6) is 0 Å². The van der Waals surface area contributed by atoms with Crippen LogP contribution in [0.3, 0.4) is 0 Å². The zero-order valence-corrected chi connectivity index (χ0v) is 15.4. The second-order valence-electron chi connectivity index (χ2n) is 7.09. The molecule has 2 heterocycles. The quantitative estimate of drug-likeness (QED) is 0.771. The standard InChI is InChI=1S/C21H23FN4O/c1-15-12-16(13-17-14-23-24-21(15)17)2-7-20(27)26-10-8-25(9-11-26)19-5-3-18(22)4-6-19/h3-6,12-14H,2,7-11H2,1H3,(H,23,24). The van der Waals surface area contributed by atoms with Crippen LogP contribution in [0.2, 0.25) is 0 Å². The number of hydrogen-bond donors (Lipinski definition) is 1. The van der Waals surface area contributed by atoms with Crippen LogP contribution in [0.1, 0.15) is 17.5 Å². The lowest BCUT2D eigenvalue weighted by Gasteiger charge is -2.36. The zero-order valence-electron chi connectivity index (χ0n) is 15.4. The van der Waals surface area contributed by atoms with Crippen molar-refractivity contribution in [2.24, 2.45) is 0 Å². The lowest BCUT2D eigenvalue weighted by molar-refractivity contribution is -0.131. The van der Waals surface area contributed by atoms with E-state index in [1.165, 1.54) is 17.7 Å². The summed E-state index contributed by atoms with van der Waals surface area (Å²) < 4.78 is 13.1. The zero-order chi connectivity index (χ0) is 18.8. The van der Waals surface area contributed by atoms with Crippen LogP contribution < -0.4 is 4.90 Å². The Morgan fingerprint density at radius 3 is 2.63 bits per heavy atom. The average molecular weight is 366 g/mol. The number of amides is 1. The van der Waals surface area contributed by atoms with E-state index in [1.807, 2.05) is 11.1 Å². The lowest BCUT2D eigenvalue weighted by Crippen LogP contribution is -2.48. The molecule has 1 saturated heterocycles. The Hall–Kier alpha value is -2.89. The summed E-state index contributed by atoms with van der Waals surface area (Å²) in [7, 11) is 0. The topological polar surface area (TPSA) is 52.2 Å². The maximum Gasteiger partial charge on any atom is 0.223 e. The number of hydrogen-bond acceptors (Lipinski definition) is 3. The molecule has 0 radical (unpaired) electrons. The summed E-state index contributed by atoms with van der Waals surface area (Å²) >= 11 is 0. The number of aromatic nitrogens is 2. The van der Waals surface area contributed by atoms with Crippen LogP contribution in [0.25, 0.3) is 10.9 Å². The van der Waals surface area contributed by atoms with Crippen molar-refractivity contribution >= 4 is 22.5 Å². The van der Waals surface area contributed by atoms with Crippen LogP contribution >= 0.6 is 0 Å². The first-order valence-corrected chi connectivity index (χ1v) is 9.31. The maximum absolute atomic E-state index is 13.1. The average Bonchev–Trinajstić information content (AvgIpc) is 3.16. The van der Waals surface area contributed by atoms with Gasteiger partial charge in [-0.1, -0.05) is 6.07 Å². The van der Waals surface area contributed by atoms with Crippen molar-refractivity contribution in [1.82, 2.24) is 15.1 Å². The van der Waals surface area contributed by atoms with E-state index in [0.717, 1.165) is 41.7 Å². The summed E-state index contributed by atoms with van der Waals surface area (Å²) in [4.78, 5) is 16.7. The van der Waals surface area contributed by atoms with E-state index in [0.29, 0.717) is 19.5 Å². The first-order valence-electron chi connectivity index (χ1n) is 9.31. The van der Waals surface area contributed by atoms with Gasteiger partial charge in [-0.3, -0.25) is 9.89 Å². The minimum absolute atomic E-state index is 0.193. The van der Waals surface area contributed by atoms with Crippen molar-refractivity contribution in [1.29, 1.82) is 0 Å². The molecule has 1 amide bonds. The van der Waals surface area contributed by atoms with Gasteiger partial charge in [-0.15, -0.1) is 0 Å². The number of carbonyl (C=O) groups is 1. The molecule has 1 aliphatic rings. The third kappa shape index (κ3) is 3.79. The summed E-state index contributed by atoms with van der Waals surface area (Å²) in [6.07, 6.45) is 3.07. The van der Waals surface area contributed by atoms with Gasteiger partial charge in [0.1, 0.15) is 5.82 Å².